The number of fused-ring (bicyclic) bond motifs is 1. The fourth-order valence-electron chi connectivity index (χ4n) is 2.61. The summed E-state index contributed by atoms with van der Waals surface area (Å²) in [4.78, 5) is 0. The highest BCUT2D eigenvalue weighted by atomic mass is 16.7. The van der Waals surface area contributed by atoms with Gasteiger partial charge in [-0.3, -0.25) is 0 Å². The van der Waals surface area contributed by atoms with E-state index in [0.717, 1.165) is 25.0 Å². The molecule has 2 atom stereocenters. The van der Waals surface area contributed by atoms with Crippen LogP contribution in [-0.2, 0) is 4.74 Å². The van der Waals surface area contributed by atoms with E-state index in [1.54, 1.807) is 7.11 Å². The lowest BCUT2D eigenvalue weighted by Crippen LogP contribution is -2.23. The quantitative estimate of drug-likeness (QED) is 0.905. The molecule has 2 unspecified atom stereocenters. The van der Waals surface area contributed by atoms with Crippen molar-refractivity contribution in [3.8, 4) is 17.2 Å². The van der Waals surface area contributed by atoms with Crippen LogP contribution in [0, 0.1) is 5.92 Å². The highest BCUT2D eigenvalue weighted by Gasteiger charge is 2.27. The average molecular weight is 266 g/mol. The summed E-state index contributed by atoms with van der Waals surface area (Å²) in [5, 5.41) is 10.5. The van der Waals surface area contributed by atoms with Crippen molar-refractivity contribution >= 4 is 0 Å². The van der Waals surface area contributed by atoms with Gasteiger partial charge in [-0.2, -0.15) is 0 Å². The molecule has 0 aromatic heterocycles. The largest absolute Gasteiger partial charge is 0.493 e. The summed E-state index contributed by atoms with van der Waals surface area (Å²) in [6.07, 6.45) is 1.39. The van der Waals surface area contributed by atoms with Gasteiger partial charge in [0.25, 0.3) is 0 Å². The molecule has 1 aromatic carbocycles. The maximum absolute atomic E-state index is 10.5. The van der Waals surface area contributed by atoms with Crippen molar-refractivity contribution in [3.05, 3.63) is 17.7 Å². The predicted octanol–water partition coefficient (Wildman–Crippen LogP) is 1.88. The minimum absolute atomic E-state index is 0.124. The van der Waals surface area contributed by atoms with Crippen LogP contribution in [0.5, 0.6) is 17.2 Å². The van der Waals surface area contributed by atoms with Crippen LogP contribution >= 0.6 is 0 Å². The lowest BCUT2D eigenvalue weighted by molar-refractivity contribution is -0.0101. The van der Waals surface area contributed by atoms with Gasteiger partial charge >= 0.3 is 0 Å². The first kappa shape index (κ1) is 12.6. The van der Waals surface area contributed by atoms with Gasteiger partial charge in [0.05, 0.1) is 19.8 Å². The topological polar surface area (TPSA) is 57.2 Å². The minimum Gasteiger partial charge on any atom is -0.493 e. The minimum atomic E-state index is -0.566. The third-order valence-corrected chi connectivity index (χ3v) is 3.66. The molecule has 2 aliphatic rings. The molecule has 0 spiro atoms. The van der Waals surface area contributed by atoms with Crippen LogP contribution < -0.4 is 14.2 Å². The zero-order valence-corrected chi connectivity index (χ0v) is 10.9. The molecule has 5 nitrogen and oxygen atoms in total. The fourth-order valence-corrected chi connectivity index (χ4v) is 2.61. The van der Waals surface area contributed by atoms with E-state index in [-0.39, 0.29) is 12.7 Å². The summed E-state index contributed by atoms with van der Waals surface area (Å²) in [7, 11) is 1.58. The van der Waals surface area contributed by atoms with Gasteiger partial charge in [0.15, 0.2) is 11.5 Å². The molecule has 3 rings (SSSR count). The summed E-state index contributed by atoms with van der Waals surface area (Å²) >= 11 is 0. The van der Waals surface area contributed by atoms with Gasteiger partial charge in [0.1, 0.15) is 0 Å². The Balaban J connectivity index is 1.87. The highest BCUT2D eigenvalue weighted by Crippen LogP contribution is 2.44. The third-order valence-electron chi connectivity index (χ3n) is 3.66. The number of aliphatic hydroxyl groups is 1. The molecule has 1 aromatic rings. The molecule has 0 aliphatic carbocycles. The molecule has 1 N–H and O–H groups in total. The number of benzene rings is 1. The summed E-state index contributed by atoms with van der Waals surface area (Å²) in [6.45, 7) is 1.57. The maximum Gasteiger partial charge on any atom is 0.231 e. The van der Waals surface area contributed by atoms with Crippen molar-refractivity contribution in [2.45, 2.75) is 18.9 Å². The summed E-state index contributed by atoms with van der Waals surface area (Å²) in [5.74, 6) is 1.96. The van der Waals surface area contributed by atoms with E-state index in [2.05, 4.69) is 0 Å². The molecule has 19 heavy (non-hydrogen) atoms. The molecule has 0 amide bonds. The molecular formula is C14H18O5. The van der Waals surface area contributed by atoms with E-state index in [4.69, 9.17) is 18.9 Å². The molecule has 0 saturated carbocycles. The number of ether oxygens (including phenoxy) is 4. The lowest BCUT2D eigenvalue weighted by atomic mass is 9.91. The molecule has 1 saturated heterocycles. The first-order chi connectivity index (χ1) is 9.29. The second-order valence-electron chi connectivity index (χ2n) is 4.88. The van der Waals surface area contributed by atoms with Crippen LogP contribution in [0.1, 0.15) is 24.5 Å². The predicted molar refractivity (Wildman–Crippen MR) is 67.6 cm³/mol. The number of hydrogen-bond donors (Lipinski definition) is 1. The first-order valence-corrected chi connectivity index (χ1v) is 6.53. The molecule has 2 heterocycles. The average Bonchev–Trinajstić information content (AvgIpc) is 2.94. The van der Waals surface area contributed by atoms with E-state index in [9.17, 15) is 5.11 Å². The maximum atomic E-state index is 10.5. The number of aliphatic hydroxyl groups excluding tert-OH is 1. The Morgan fingerprint density at radius 3 is 3.00 bits per heavy atom. The van der Waals surface area contributed by atoms with Crippen molar-refractivity contribution in [1.29, 1.82) is 0 Å². The van der Waals surface area contributed by atoms with Gasteiger partial charge in [-0.05, 0) is 30.5 Å². The molecule has 2 aliphatic heterocycles. The number of hydrogen-bond acceptors (Lipinski definition) is 5. The molecule has 5 heteroatoms. The molecule has 0 radical (unpaired) electrons. The molecule has 1 fully saturated rings. The Labute approximate surface area is 112 Å². The van der Waals surface area contributed by atoms with Crippen molar-refractivity contribution in [2.24, 2.45) is 5.92 Å². The molecule has 104 valence electrons. The smallest absolute Gasteiger partial charge is 0.231 e. The van der Waals surface area contributed by atoms with Crippen LogP contribution in [0.2, 0.25) is 0 Å². The van der Waals surface area contributed by atoms with Gasteiger partial charge in [0.2, 0.25) is 12.5 Å². The Morgan fingerprint density at radius 2 is 2.26 bits per heavy atom. The zero-order chi connectivity index (χ0) is 13.2. The van der Waals surface area contributed by atoms with E-state index in [0.29, 0.717) is 23.9 Å². The van der Waals surface area contributed by atoms with Crippen LogP contribution in [0.25, 0.3) is 0 Å². The Kier molecular flexibility index (Phi) is 3.48. The third kappa shape index (κ3) is 2.35. The van der Waals surface area contributed by atoms with Gasteiger partial charge in [0, 0.05) is 12.5 Å². The van der Waals surface area contributed by atoms with Crippen molar-refractivity contribution in [1.82, 2.24) is 0 Å². The Bertz CT molecular complexity index is 453. The van der Waals surface area contributed by atoms with Crippen LogP contribution in [0.4, 0.5) is 0 Å². The van der Waals surface area contributed by atoms with Crippen LogP contribution in [0.15, 0.2) is 12.1 Å². The van der Waals surface area contributed by atoms with Crippen LogP contribution in [-0.4, -0.2) is 32.2 Å². The first-order valence-electron chi connectivity index (χ1n) is 6.53. The van der Waals surface area contributed by atoms with Gasteiger partial charge in [-0.15, -0.1) is 0 Å². The monoisotopic (exact) mass is 266 g/mol. The molecule has 0 bridgehead atoms. The van der Waals surface area contributed by atoms with Gasteiger partial charge in [-0.1, -0.05) is 0 Å². The second-order valence-corrected chi connectivity index (χ2v) is 4.88. The lowest BCUT2D eigenvalue weighted by Gasteiger charge is -2.27. The fraction of sp³-hybridized carbons (Fsp3) is 0.571. The number of rotatable bonds is 3. The Hall–Kier alpha value is -1.46. The van der Waals surface area contributed by atoms with E-state index >= 15 is 0 Å². The molecular weight excluding hydrogens is 248 g/mol. The van der Waals surface area contributed by atoms with Gasteiger partial charge in [-0.25, -0.2) is 0 Å². The summed E-state index contributed by atoms with van der Waals surface area (Å²) < 4.78 is 21.4. The van der Waals surface area contributed by atoms with E-state index in [1.807, 2.05) is 12.1 Å². The SMILES string of the molecule is COc1cc(C(O)C2CCCOC2)cc2c1OCO2. The van der Waals surface area contributed by atoms with E-state index in [1.165, 1.54) is 0 Å². The van der Waals surface area contributed by atoms with Crippen molar-refractivity contribution in [2.75, 3.05) is 27.1 Å². The summed E-state index contributed by atoms with van der Waals surface area (Å²) in [6, 6.07) is 3.64. The highest BCUT2D eigenvalue weighted by molar-refractivity contribution is 5.55. The van der Waals surface area contributed by atoms with Crippen LogP contribution in [0.3, 0.4) is 0 Å². The Morgan fingerprint density at radius 1 is 1.37 bits per heavy atom. The van der Waals surface area contributed by atoms with Crippen molar-refractivity contribution in [3.63, 3.8) is 0 Å². The normalized spacial score (nSPS) is 23.2. The van der Waals surface area contributed by atoms with Gasteiger partial charge < -0.3 is 24.1 Å². The van der Waals surface area contributed by atoms with E-state index < -0.39 is 6.10 Å². The van der Waals surface area contributed by atoms with Crippen molar-refractivity contribution < 1.29 is 24.1 Å². The standard InChI is InChI=1S/C14H18O5/c1-16-11-5-10(6-12-14(11)19-8-18-12)13(15)9-3-2-4-17-7-9/h5-6,9,13,15H,2-4,7-8H2,1H3. The second kappa shape index (κ2) is 5.27. The zero-order valence-electron chi connectivity index (χ0n) is 10.9. The summed E-state index contributed by atoms with van der Waals surface area (Å²) in [5.41, 5.74) is 0.789. The number of methoxy groups -OCH3 is 1.